The van der Waals surface area contributed by atoms with E-state index in [4.69, 9.17) is 14.2 Å². The molecule has 5 nitrogen and oxygen atoms in total. The highest BCUT2D eigenvalue weighted by Crippen LogP contribution is 2.21. The van der Waals surface area contributed by atoms with Crippen LogP contribution in [0, 0.1) is 0 Å². The first-order valence-corrected chi connectivity index (χ1v) is 7.27. The Kier molecular flexibility index (Phi) is 6.56. The van der Waals surface area contributed by atoms with E-state index in [1.807, 2.05) is 26.8 Å². The van der Waals surface area contributed by atoms with Crippen molar-refractivity contribution in [1.29, 1.82) is 0 Å². The van der Waals surface area contributed by atoms with Crippen molar-refractivity contribution in [2.75, 3.05) is 13.7 Å². The zero-order valence-corrected chi connectivity index (χ0v) is 13.8. The molecule has 1 aromatic carbocycles. The molecule has 0 spiro atoms. The Morgan fingerprint density at radius 3 is 2.50 bits per heavy atom. The summed E-state index contributed by atoms with van der Waals surface area (Å²) < 4.78 is 16.0. The van der Waals surface area contributed by atoms with Crippen LogP contribution in [0.4, 0.5) is 0 Å². The summed E-state index contributed by atoms with van der Waals surface area (Å²) >= 11 is 0. The van der Waals surface area contributed by atoms with Gasteiger partial charge in [0, 0.05) is 6.42 Å². The lowest BCUT2D eigenvalue weighted by atomic mass is 10.0. The maximum atomic E-state index is 12.1. The first-order valence-electron chi connectivity index (χ1n) is 7.27. The highest BCUT2D eigenvalue weighted by Gasteiger charge is 2.27. The molecule has 0 aliphatic carbocycles. The molecular formula is C17H24O5. The quantitative estimate of drug-likeness (QED) is 0.572. The molecule has 0 bridgehead atoms. The van der Waals surface area contributed by atoms with E-state index < -0.39 is 17.7 Å². The van der Waals surface area contributed by atoms with Gasteiger partial charge in [0.1, 0.15) is 5.75 Å². The van der Waals surface area contributed by atoms with Gasteiger partial charge in [0.2, 0.25) is 0 Å². The number of ether oxygens (including phenoxy) is 3. The molecule has 0 fully saturated rings. The molecule has 0 amide bonds. The monoisotopic (exact) mass is 308 g/mol. The van der Waals surface area contributed by atoms with Crippen molar-refractivity contribution in [2.45, 2.75) is 45.8 Å². The molecule has 0 N–H and O–H groups in total. The van der Waals surface area contributed by atoms with Crippen LogP contribution in [0.1, 0.15) is 43.6 Å². The van der Waals surface area contributed by atoms with E-state index in [0.29, 0.717) is 24.3 Å². The Labute approximate surface area is 131 Å². The lowest BCUT2D eigenvalue weighted by Gasteiger charge is -2.26. The van der Waals surface area contributed by atoms with Gasteiger partial charge in [0.15, 0.2) is 12.4 Å². The topological polar surface area (TPSA) is 61.8 Å². The van der Waals surface area contributed by atoms with Crippen molar-refractivity contribution < 1.29 is 23.8 Å². The molecular weight excluding hydrogens is 284 g/mol. The van der Waals surface area contributed by atoms with Crippen molar-refractivity contribution in [3.05, 3.63) is 29.3 Å². The summed E-state index contributed by atoms with van der Waals surface area (Å²) in [5, 5.41) is 0. The second-order valence-electron chi connectivity index (χ2n) is 5.87. The van der Waals surface area contributed by atoms with Gasteiger partial charge in [0.25, 0.3) is 0 Å². The summed E-state index contributed by atoms with van der Waals surface area (Å²) in [6.07, 6.45) is 0.348. The minimum atomic E-state index is -0.715. The largest absolute Gasteiger partial charge is 0.496 e. The number of rotatable bonds is 7. The number of esters is 1. The summed E-state index contributed by atoms with van der Waals surface area (Å²) in [7, 11) is 1.51. The van der Waals surface area contributed by atoms with Gasteiger partial charge in [-0.15, -0.1) is 0 Å². The van der Waals surface area contributed by atoms with Crippen LogP contribution in [0.15, 0.2) is 18.2 Å². The zero-order valence-electron chi connectivity index (χ0n) is 13.8. The first kappa shape index (κ1) is 18.2. The van der Waals surface area contributed by atoms with E-state index in [-0.39, 0.29) is 0 Å². The molecule has 1 atom stereocenters. The van der Waals surface area contributed by atoms with Crippen LogP contribution in [0.5, 0.6) is 5.75 Å². The minimum Gasteiger partial charge on any atom is -0.496 e. The molecule has 1 rings (SSSR count). The third-order valence-corrected chi connectivity index (χ3v) is 2.89. The number of carbonyl (C=O) groups is 2. The van der Waals surface area contributed by atoms with Gasteiger partial charge in [0.05, 0.1) is 24.9 Å². The van der Waals surface area contributed by atoms with Gasteiger partial charge in [-0.25, -0.2) is 4.79 Å². The van der Waals surface area contributed by atoms with Crippen LogP contribution in [0.2, 0.25) is 0 Å². The average Bonchev–Trinajstić information content (AvgIpc) is 2.45. The summed E-state index contributed by atoms with van der Waals surface area (Å²) in [6, 6.07) is 5.21. The predicted octanol–water partition coefficient (Wildman–Crippen LogP) is 2.80. The maximum absolute atomic E-state index is 12.1. The molecule has 0 heterocycles. The van der Waals surface area contributed by atoms with Crippen molar-refractivity contribution in [1.82, 2.24) is 0 Å². The second-order valence-corrected chi connectivity index (χ2v) is 5.87. The van der Waals surface area contributed by atoms with Gasteiger partial charge in [-0.05, 0) is 45.4 Å². The Morgan fingerprint density at radius 1 is 1.32 bits per heavy atom. The van der Waals surface area contributed by atoms with Crippen LogP contribution in [-0.2, 0) is 20.7 Å². The SMILES string of the molecule is CCOC(=O)C(Cc1ccc(OC)c(C=O)c1)OC(C)(C)C. The number of carbonyl (C=O) groups excluding carboxylic acids is 2. The van der Waals surface area contributed by atoms with Gasteiger partial charge < -0.3 is 14.2 Å². The molecule has 122 valence electrons. The Bertz CT molecular complexity index is 516. The molecule has 22 heavy (non-hydrogen) atoms. The standard InChI is InChI=1S/C17H24O5/c1-6-21-16(19)15(22-17(2,3)4)10-12-7-8-14(20-5)13(9-12)11-18/h7-9,11,15H,6,10H2,1-5H3. The fourth-order valence-corrected chi connectivity index (χ4v) is 2.05. The molecule has 0 aromatic heterocycles. The van der Waals surface area contributed by atoms with Crippen molar-refractivity contribution in [3.8, 4) is 5.75 Å². The molecule has 0 radical (unpaired) electrons. The van der Waals surface area contributed by atoms with Crippen LogP contribution in [-0.4, -0.2) is 37.7 Å². The number of benzene rings is 1. The summed E-state index contributed by atoms with van der Waals surface area (Å²) in [5.41, 5.74) is 0.778. The lowest BCUT2D eigenvalue weighted by molar-refractivity contribution is -0.165. The van der Waals surface area contributed by atoms with E-state index in [1.165, 1.54) is 7.11 Å². The fraction of sp³-hybridized carbons (Fsp3) is 0.529. The molecule has 0 saturated heterocycles. The maximum Gasteiger partial charge on any atom is 0.335 e. The van der Waals surface area contributed by atoms with E-state index in [1.54, 1.807) is 19.1 Å². The van der Waals surface area contributed by atoms with E-state index >= 15 is 0 Å². The van der Waals surface area contributed by atoms with Crippen LogP contribution in [0.3, 0.4) is 0 Å². The zero-order chi connectivity index (χ0) is 16.8. The van der Waals surface area contributed by atoms with Gasteiger partial charge in [-0.2, -0.15) is 0 Å². The number of aldehydes is 1. The number of hydrogen-bond acceptors (Lipinski definition) is 5. The third-order valence-electron chi connectivity index (χ3n) is 2.89. The average molecular weight is 308 g/mol. The van der Waals surface area contributed by atoms with E-state index in [2.05, 4.69) is 0 Å². The van der Waals surface area contributed by atoms with Gasteiger partial charge in [-0.1, -0.05) is 6.07 Å². The molecule has 5 heteroatoms. The molecule has 0 saturated carbocycles. The predicted molar refractivity (Wildman–Crippen MR) is 83.3 cm³/mol. The van der Waals surface area contributed by atoms with Crippen LogP contribution in [0.25, 0.3) is 0 Å². The van der Waals surface area contributed by atoms with Gasteiger partial charge in [-0.3, -0.25) is 4.79 Å². The molecule has 0 aliphatic heterocycles. The molecule has 0 aliphatic rings. The van der Waals surface area contributed by atoms with Crippen LogP contribution < -0.4 is 4.74 Å². The Hall–Kier alpha value is -1.88. The third kappa shape index (κ3) is 5.48. The Morgan fingerprint density at radius 2 is 2.00 bits per heavy atom. The second kappa shape index (κ2) is 7.94. The first-order chi connectivity index (χ1) is 10.3. The smallest absolute Gasteiger partial charge is 0.335 e. The van der Waals surface area contributed by atoms with Crippen molar-refractivity contribution in [2.24, 2.45) is 0 Å². The molecule has 1 aromatic rings. The lowest BCUT2D eigenvalue weighted by Crippen LogP contribution is -2.36. The fourth-order valence-electron chi connectivity index (χ4n) is 2.05. The van der Waals surface area contributed by atoms with Crippen LogP contribution >= 0.6 is 0 Å². The number of methoxy groups -OCH3 is 1. The van der Waals surface area contributed by atoms with Crippen molar-refractivity contribution in [3.63, 3.8) is 0 Å². The minimum absolute atomic E-state index is 0.297. The van der Waals surface area contributed by atoms with Gasteiger partial charge >= 0.3 is 5.97 Å². The highest BCUT2D eigenvalue weighted by molar-refractivity contribution is 5.80. The highest BCUT2D eigenvalue weighted by atomic mass is 16.6. The summed E-state index contributed by atoms with van der Waals surface area (Å²) in [4.78, 5) is 23.1. The van der Waals surface area contributed by atoms with Crippen molar-refractivity contribution >= 4 is 12.3 Å². The van der Waals surface area contributed by atoms with E-state index in [0.717, 1.165) is 11.8 Å². The van der Waals surface area contributed by atoms with E-state index in [9.17, 15) is 9.59 Å². The Balaban J connectivity index is 2.98. The molecule has 1 unspecified atom stereocenters. The summed E-state index contributed by atoms with van der Waals surface area (Å²) in [6.45, 7) is 7.69. The normalized spacial score (nSPS) is 12.6. The number of hydrogen-bond donors (Lipinski definition) is 0. The summed E-state index contributed by atoms with van der Waals surface area (Å²) in [5.74, 6) is 0.101.